The first-order valence-corrected chi connectivity index (χ1v) is 15.1. The van der Waals surface area contributed by atoms with E-state index in [2.05, 4.69) is 15.3 Å². The number of halogens is 3. The Labute approximate surface area is 250 Å². The predicted octanol–water partition coefficient (Wildman–Crippen LogP) is 4.75. The van der Waals surface area contributed by atoms with E-state index in [1.807, 2.05) is 4.90 Å². The van der Waals surface area contributed by atoms with Crippen LogP contribution in [0.3, 0.4) is 0 Å². The van der Waals surface area contributed by atoms with Crippen LogP contribution >= 0.6 is 0 Å². The molecule has 2 aromatic rings. The number of nitrogens with one attached hydrogen (secondary N) is 1. The first-order chi connectivity index (χ1) is 20.7. The van der Waals surface area contributed by atoms with Crippen LogP contribution in [-0.4, -0.2) is 85.6 Å². The summed E-state index contributed by atoms with van der Waals surface area (Å²) in [5.74, 6) is -0.141. The molecule has 4 atom stereocenters. The van der Waals surface area contributed by atoms with Crippen molar-refractivity contribution < 1.29 is 36.9 Å². The highest BCUT2D eigenvalue weighted by molar-refractivity contribution is 5.92. The smallest absolute Gasteiger partial charge is 0.416 e. The minimum atomic E-state index is -4.36. The molecule has 1 aromatic heterocycles. The van der Waals surface area contributed by atoms with E-state index in [1.165, 1.54) is 19.2 Å². The molecule has 1 amide bonds. The average Bonchev–Trinajstić information content (AvgIpc) is 3.03. The number of alkyl halides is 3. The number of amides is 1. The molecule has 236 valence electrons. The number of ether oxygens (including phenoxy) is 4. The van der Waals surface area contributed by atoms with Crippen LogP contribution in [0.25, 0.3) is 0 Å². The highest BCUT2D eigenvalue weighted by Crippen LogP contribution is 2.35. The summed E-state index contributed by atoms with van der Waals surface area (Å²) in [6.07, 6.45) is 1.70. The normalized spacial score (nSPS) is 25.5. The third-order valence-electron chi connectivity index (χ3n) is 8.68. The van der Waals surface area contributed by atoms with E-state index in [9.17, 15) is 18.0 Å². The van der Waals surface area contributed by atoms with Crippen molar-refractivity contribution in [3.05, 3.63) is 52.8 Å². The summed E-state index contributed by atoms with van der Waals surface area (Å²) in [6, 6.07) is 7.66. The number of nitrogens with zero attached hydrogens (tertiary/aromatic N) is 3. The Kier molecular flexibility index (Phi) is 10.5. The van der Waals surface area contributed by atoms with Gasteiger partial charge in [-0.15, -0.1) is 0 Å². The Morgan fingerprint density at radius 3 is 2.53 bits per heavy atom. The van der Waals surface area contributed by atoms with Crippen molar-refractivity contribution in [1.82, 2.24) is 20.2 Å². The standard InChI is InChI=1S/C31H41F3N4O5/c1-40-28-19-42-17-14-25(28)35-22-12-15-38(16-13-22)29(39)26-18-23(36-30(37-26)41-2)10-11-24-4-3-5-27(43-24)20-6-8-21(9-7-20)31(32,33)34/h6-9,18,22,24-25,27-28,35H,3-5,10-17,19H2,1-2H3/t24-,25+,27+,28-/m1/s1. The Hall–Kier alpha value is -2.80. The number of aryl methyl sites for hydroxylation is 1. The van der Waals surface area contributed by atoms with Gasteiger partial charge in [-0.2, -0.15) is 18.2 Å². The van der Waals surface area contributed by atoms with Gasteiger partial charge in [0.15, 0.2) is 0 Å². The van der Waals surface area contributed by atoms with Crippen molar-refractivity contribution >= 4 is 5.91 Å². The number of carbonyl (C=O) groups is 1. The molecule has 3 saturated heterocycles. The fraction of sp³-hybridized carbons (Fsp3) is 0.645. The fourth-order valence-corrected chi connectivity index (χ4v) is 6.20. The van der Waals surface area contributed by atoms with Crippen molar-refractivity contribution in [1.29, 1.82) is 0 Å². The number of hydrogen-bond donors (Lipinski definition) is 1. The summed E-state index contributed by atoms with van der Waals surface area (Å²) in [6.45, 7) is 2.57. The molecule has 5 rings (SSSR count). The van der Waals surface area contributed by atoms with Gasteiger partial charge in [0.1, 0.15) is 5.69 Å². The lowest BCUT2D eigenvalue weighted by atomic mass is 9.95. The molecule has 3 fully saturated rings. The average molecular weight is 607 g/mol. The van der Waals surface area contributed by atoms with E-state index < -0.39 is 11.7 Å². The minimum Gasteiger partial charge on any atom is -0.467 e. The molecule has 0 spiro atoms. The van der Waals surface area contributed by atoms with Crippen molar-refractivity contribution in [3.8, 4) is 6.01 Å². The first-order valence-electron chi connectivity index (χ1n) is 15.1. The van der Waals surface area contributed by atoms with Gasteiger partial charge < -0.3 is 29.2 Å². The number of aromatic nitrogens is 2. The molecule has 3 aliphatic heterocycles. The second kappa shape index (κ2) is 14.3. The minimum absolute atomic E-state index is 0.0371. The summed E-state index contributed by atoms with van der Waals surface area (Å²) in [5, 5.41) is 3.71. The Balaban J connectivity index is 1.15. The molecule has 0 radical (unpaired) electrons. The lowest BCUT2D eigenvalue weighted by molar-refractivity contribution is -0.137. The molecule has 4 heterocycles. The van der Waals surface area contributed by atoms with Gasteiger partial charge in [-0.25, -0.2) is 4.98 Å². The van der Waals surface area contributed by atoms with Crippen molar-refractivity contribution in [2.24, 2.45) is 0 Å². The quantitative estimate of drug-likeness (QED) is 0.438. The van der Waals surface area contributed by atoms with Crippen LogP contribution in [0.1, 0.15) is 78.4 Å². The van der Waals surface area contributed by atoms with Gasteiger partial charge >= 0.3 is 12.2 Å². The molecule has 43 heavy (non-hydrogen) atoms. The molecule has 3 aliphatic rings. The zero-order valence-corrected chi connectivity index (χ0v) is 24.8. The molecule has 9 nitrogen and oxygen atoms in total. The second-order valence-corrected chi connectivity index (χ2v) is 11.5. The molecule has 0 unspecified atom stereocenters. The van der Waals surface area contributed by atoms with E-state index in [4.69, 9.17) is 18.9 Å². The maximum absolute atomic E-state index is 13.4. The number of methoxy groups -OCH3 is 2. The van der Waals surface area contributed by atoms with E-state index in [-0.39, 0.29) is 36.3 Å². The zero-order valence-electron chi connectivity index (χ0n) is 24.8. The lowest BCUT2D eigenvalue weighted by Gasteiger charge is -2.38. The molecule has 1 N–H and O–H groups in total. The van der Waals surface area contributed by atoms with Crippen LogP contribution in [0.4, 0.5) is 13.2 Å². The number of rotatable bonds is 9. The van der Waals surface area contributed by atoms with Crippen molar-refractivity contribution in [2.45, 2.75) is 87.9 Å². The monoisotopic (exact) mass is 606 g/mol. The van der Waals surface area contributed by atoms with Crippen molar-refractivity contribution in [2.75, 3.05) is 40.5 Å². The maximum Gasteiger partial charge on any atom is 0.416 e. The van der Waals surface area contributed by atoms with Crippen molar-refractivity contribution in [3.63, 3.8) is 0 Å². The molecular weight excluding hydrogens is 565 g/mol. The lowest BCUT2D eigenvalue weighted by Crippen LogP contribution is -2.54. The fourth-order valence-electron chi connectivity index (χ4n) is 6.20. The van der Waals surface area contributed by atoms with Gasteiger partial charge in [0.2, 0.25) is 0 Å². The van der Waals surface area contributed by atoms with Crippen LogP contribution < -0.4 is 10.1 Å². The SMILES string of the molecule is COc1nc(CC[C@H]2CCC[C@@H](c3ccc(C(F)(F)F)cc3)O2)cc(C(=O)N2CCC(N[C@H]3CCOC[C@H]3OC)CC2)n1. The van der Waals surface area contributed by atoms with Crippen LogP contribution in [0, 0.1) is 0 Å². The number of benzene rings is 1. The molecule has 1 aromatic carbocycles. The Bertz CT molecular complexity index is 1210. The van der Waals surface area contributed by atoms with Crippen LogP contribution in [-0.2, 0) is 26.8 Å². The third-order valence-corrected chi connectivity index (χ3v) is 8.68. The molecule has 0 bridgehead atoms. The number of hydrogen-bond acceptors (Lipinski definition) is 8. The van der Waals surface area contributed by atoms with E-state index in [0.29, 0.717) is 50.0 Å². The highest BCUT2D eigenvalue weighted by Gasteiger charge is 2.32. The van der Waals surface area contributed by atoms with Gasteiger partial charge in [0, 0.05) is 44.6 Å². The largest absolute Gasteiger partial charge is 0.467 e. The van der Waals surface area contributed by atoms with Crippen LogP contribution in [0.5, 0.6) is 6.01 Å². The first kappa shape index (κ1) is 31.6. The molecule has 0 saturated carbocycles. The topological polar surface area (TPSA) is 95.0 Å². The summed E-state index contributed by atoms with van der Waals surface area (Å²) in [7, 11) is 3.19. The summed E-state index contributed by atoms with van der Waals surface area (Å²) >= 11 is 0. The maximum atomic E-state index is 13.4. The molecular formula is C31H41F3N4O5. The van der Waals surface area contributed by atoms with Crippen LogP contribution in [0.15, 0.2) is 30.3 Å². The van der Waals surface area contributed by atoms with Gasteiger partial charge in [0.25, 0.3) is 5.91 Å². The molecule has 0 aliphatic carbocycles. The van der Waals surface area contributed by atoms with Crippen LogP contribution in [0.2, 0.25) is 0 Å². The van der Waals surface area contributed by atoms with Gasteiger partial charge in [-0.3, -0.25) is 4.79 Å². The summed E-state index contributed by atoms with van der Waals surface area (Å²) in [4.78, 5) is 24.1. The van der Waals surface area contributed by atoms with E-state index in [1.54, 1.807) is 13.2 Å². The Morgan fingerprint density at radius 2 is 1.84 bits per heavy atom. The van der Waals surface area contributed by atoms with E-state index >= 15 is 0 Å². The Morgan fingerprint density at radius 1 is 1.07 bits per heavy atom. The number of carbonyl (C=O) groups excluding carboxylic acids is 1. The number of piperidine rings is 1. The zero-order chi connectivity index (χ0) is 30.4. The van der Waals surface area contributed by atoms with E-state index in [0.717, 1.165) is 62.8 Å². The summed E-state index contributed by atoms with van der Waals surface area (Å²) < 4.78 is 61.6. The summed E-state index contributed by atoms with van der Waals surface area (Å²) in [5.41, 5.74) is 1.09. The predicted molar refractivity (Wildman–Crippen MR) is 152 cm³/mol. The van der Waals surface area contributed by atoms with Gasteiger partial charge in [0.05, 0.1) is 37.6 Å². The number of likely N-dealkylation sites (tertiary alicyclic amines) is 1. The molecule has 12 heteroatoms. The highest BCUT2D eigenvalue weighted by atomic mass is 19.4. The van der Waals surface area contributed by atoms with Gasteiger partial charge in [-0.05, 0) is 75.1 Å². The van der Waals surface area contributed by atoms with Gasteiger partial charge in [-0.1, -0.05) is 12.1 Å². The second-order valence-electron chi connectivity index (χ2n) is 11.5. The third kappa shape index (κ3) is 8.23.